The second-order valence-electron chi connectivity index (χ2n) is 12.2. The largest absolute Gasteiger partial charge is 0.392 e. The molecular formula is C35H46N4O3. The molecule has 0 radical (unpaired) electrons. The number of nitrogens with one attached hydrogen (secondary N) is 2. The fourth-order valence-corrected chi connectivity index (χ4v) is 6.80. The van der Waals surface area contributed by atoms with E-state index in [-0.39, 0.29) is 24.1 Å². The standard InChI is InChI=1S/C35H46N4O3/c1-5-39(29-9-7-6-8-10-29)33-19-28(27-13-11-26(12-14-27)21-38-16-15-30(40)22-38)18-31(25(33)4)34(41)36-20-32-23(2)17-24(3)37-35(32)42/h11-14,17-19,29-30,40H,5-10,15-16,20-22H2,1-4H3,(H,36,41)(H,37,42). The number of pyridine rings is 1. The van der Waals surface area contributed by atoms with Crippen LogP contribution >= 0.6 is 0 Å². The summed E-state index contributed by atoms with van der Waals surface area (Å²) >= 11 is 0. The van der Waals surface area contributed by atoms with Gasteiger partial charge in [-0.3, -0.25) is 14.5 Å². The lowest BCUT2D eigenvalue weighted by atomic mass is 9.91. The Balaban J connectivity index is 1.46. The average Bonchev–Trinajstić information content (AvgIpc) is 3.38. The number of aliphatic hydroxyl groups excluding tert-OH is 1. The predicted octanol–water partition coefficient (Wildman–Crippen LogP) is 5.62. The summed E-state index contributed by atoms with van der Waals surface area (Å²) in [5.41, 5.74) is 8.16. The van der Waals surface area contributed by atoms with Crippen LogP contribution in [-0.2, 0) is 13.1 Å². The zero-order chi connectivity index (χ0) is 29.8. The first-order valence-electron chi connectivity index (χ1n) is 15.6. The SMILES string of the molecule is CCN(c1cc(-c2ccc(CN3CCC(O)C3)cc2)cc(C(=O)NCc2c(C)cc(C)[nH]c2=O)c1C)C1CCCCC1. The molecule has 2 aromatic carbocycles. The minimum absolute atomic E-state index is 0.156. The van der Waals surface area contributed by atoms with E-state index >= 15 is 0 Å². The Bertz CT molecular complexity index is 1460. The molecule has 0 bridgehead atoms. The van der Waals surface area contributed by atoms with Gasteiger partial charge in [-0.25, -0.2) is 0 Å². The Morgan fingerprint density at radius 3 is 2.40 bits per heavy atom. The molecule has 5 rings (SSSR count). The number of nitrogens with zero attached hydrogens (tertiary/aromatic N) is 2. The summed E-state index contributed by atoms with van der Waals surface area (Å²) < 4.78 is 0. The quantitative estimate of drug-likeness (QED) is 0.311. The predicted molar refractivity (Wildman–Crippen MR) is 170 cm³/mol. The number of carbonyl (C=O) groups is 1. The van der Waals surface area contributed by atoms with Crippen molar-refractivity contribution in [1.82, 2.24) is 15.2 Å². The monoisotopic (exact) mass is 570 g/mol. The fourth-order valence-electron chi connectivity index (χ4n) is 6.80. The van der Waals surface area contributed by atoms with E-state index in [2.05, 4.69) is 64.3 Å². The maximum atomic E-state index is 13.8. The van der Waals surface area contributed by atoms with Gasteiger partial charge in [0.25, 0.3) is 11.5 Å². The second kappa shape index (κ2) is 13.3. The third-order valence-electron chi connectivity index (χ3n) is 9.15. The summed E-state index contributed by atoms with van der Waals surface area (Å²) in [6.45, 7) is 11.6. The van der Waals surface area contributed by atoms with Gasteiger partial charge in [-0.05, 0) is 93.0 Å². The van der Waals surface area contributed by atoms with Crippen LogP contribution in [0.4, 0.5) is 5.69 Å². The maximum absolute atomic E-state index is 13.8. The Morgan fingerprint density at radius 1 is 1.02 bits per heavy atom. The zero-order valence-corrected chi connectivity index (χ0v) is 25.6. The van der Waals surface area contributed by atoms with Crippen LogP contribution in [0.2, 0.25) is 0 Å². The molecule has 2 heterocycles. The molecule has 1 unspecified atom stereocenters. The van der Waals surface area contributed by atoms with E-state index in [1.54, 1.807) is 0 Å². The van der Waals surface area contributed by atoms with Crippen LogP contribution in [0.1, 0.15) is 83.8 Å². The molecule has 1 aliphatic heterocycles. The third-order valence-corrected chi connectivity index (χ3v) is 9.15. The number of likely N-dealkylation sites (tertiary alicyclic amines) is 1. The van der Waals surface area contributed by atoms with Gasteiger partial charge >= 0.3 is 0 Å². The number of hydrogen-bond acceptors (Lipinski definition) is 5. The normalized spacial score (nSPS) is 17.9. The van der Waals surface area contributed by atoms with Gasteiger partial charge in [0, 0.05) is 61.3 Å². The van der Waals surface area contributed by atoms with Gasteiger partial charge in [0.15, 0.2) is 0 Å². The molecule has 1 saturated carbocycles. The highest BCUT2D eigenvalue weighted by atomic mass is 16.3. The van der Waals surface area contributed by atoms with Gasteiger partial charge < -0.3 is 20.3 Å². The smallest absolute Gasteiger partial charge is 0.253 e. The number of aromatic nitrogens is 1. The van der Waals surface area contributed by atoms with Crippen LogP contribution in [-0.4, -0.2) is 52.7 Å². The van der Waals surface area contributed by atoms with Gasteiger partial charge in [-0.2, -0.15) is 0 Å². The average molecular weight is 571 g/mol. The molecule has 3 N–H and O–H groups in total. The molecule has 3 aromatic rings. The molecule has 1 saturated heterocycles. The van der Waals surface area contributed by atoms with Crippen LogP contribution in [0.15, 0.2) is 47.3 Å². The molecule has 42 heavy (non-hydrogen) atoms. The van der Waals surface area contributed by atoms with Crippen molar-refractivity contribution in [3.8, 4) is 11.1 Å². The highest BCUT2D eigenvalue weighted by Crippen LogP contribution is 2.35. The van der Waals surface area contributed by atoms with E-state index in [9.17, 15) is 14.7 Å². The van der Waals surface area contributed by atoms with Crippen molar-refractivity contribution in [1.29, 1.82) is 0 Å². The second-order valence-corrected chi connectivity index (χ2v) is 12.2. The van der Waals surface area contributed by atoms with Crippen LogP contribution < -0.4 is 15.8 Å². The maximum Gasteiger partial charge on any atom is 0.253 e. The van der Waals surface area contributed by atoms with Crippen molar-refractivity contribution in [3.63, 3.8) is 0 Å². The number of rotatable bonds is 9. The first-order valence-corrected chi connectivity index (χ1v) is 15.6. The molecule has 2 fully saturated rings. The van der Waals surface area contributed by atoms with E-state index in [1.807, 2.05) is 26.0 Å². The van der Waals surface area contributed by atoms with Crippen molar-refractivity contribution in [2.75, 3.05) is 24.5 Å². The molecule has 0 spiro atoms. The first-order chi connectivity index (χ1) is 20.2. The topological polar surface area (TPSA) is 88.7 Å². The van der Waals surface area contributed by atoms with Crippen LogP contribution in [0.5, 0.6) is 0 Å². The van der Waals surface area contributed by atoms with E-state index in [4.69, 9.17) is 0 Å². The lowest BCUT2D eigenvalue weighted by Gasteiger charge is -2.37. The summed E-state index contributed by atoms with van der Waals surface area (Å²) in [5, 5.41) is 12.9. The van der Waals surface area contributed by atoms with E-state index in [0.29, 0.717) is 17.2 Å². The van der Waals surface area contributed by atoms with E-state index in [0.717, 1.165) is 66.2 Å². The molecule has 1 aliphatic carbocycles. The lowest BCUT2D eigenvalue weighted by molar-refractivity contribution is 0.0950. The lowest BCUT2D eigenvalue weighted by Crippen LogP contribution is -2.37. The van der Waals surface area contributed by atoms with Crippen LogP contribution in [0.25, 0.3) is 11.1 Å². The summed E-state index contributed by atoms with van der Waals surface area (Å²) in [7, 11) is 0. The molecule has 7 heteroatoms. The van der Waals surface area contributed by atoms with Gasteiger partial charge in [0.1, 0.15) is 0 Å². The van der Waals surface area contributed by atoms with E-state index in [1.165, 1.54) is 37.7 Å². The van der Waals surface area contributed by atoms with E-state index < -0.39 is 0 Å². The Hall–Kier alpha value is -3.42. The van der Waals surface area contributed by atoms with Crippen molar-refractivity contribution >= 4 is 11.6 Å². The fraction of sp³-hybridized carbons (Fsp3) is 0.486. The molecule has 7 nitrogen and oxygen atoms in total. The number of β-amino-alcohol motifs (C(OH)–C–C–N with tert-alkyl or cyclic N) is 1. The Morgan fingerprint density at radius 2 is 1.76 bits per heavy atom. The van der Waals surface area contributed by atoms with Gasteiger partial charge in [0.2, 0.25) is 0 Å². The minimum atomic E-state index is -0.223. The van der Waals surface area contributed by atoms with Crippen LogP contribution in [0, 0.1) is 20.8 Å². The van der Waals surface area contributed by atoms with Gasteiger partial charge in [-0.15, -0.1) is 0 Å². The number of hydrogen-bond donors (Lipinski definition) is 3. The summed E-state index contributed by atoms with van der Waals surface area (Å²) in [6, 6.07) is 15.3. The van der Waals surface area contributed by atoms with Gasteiger partial charge in [-0.1, -0.05) is 43.5 Å². The summed E-state index contributed by atoms with van der Waals surface area (Å²) in [6.07, 6.45) is 6.74. The Labute approximate surface area is 250 Å². The molecule has 224 valence electrons. The number of carbonyl (C=O) groups excluding carboxylic acids is 1. The third kappa shape index (κ3) is 6.79. The van der Waals surface area contributed by atoms with Crippen LogP contribution in [0.3, 0.4) is 0 Å². The zero-order valence-electron chi connectivity index (χ0n) is 25.6. The molecule has 1 amide bonds. The highest BCUT2D eigenvalue weighted by Gasteiger charge is 2.25. The number of aryl methyl sites for hydroxylation is 2. The van der Waals surface area contributed by atoms with Crippen molar-refractivity contribution in [3.05, 3.63) is 86.3 Å². The highest BCUT2D eigenvalue weighted by molar-refractivity contribution is 5.99. The molecule has 1 atom stereocenters. The van der Waals surface area contributed by atoms with Crippen molar-refractivity contribution in [2.45, 2.75) is 91.5 Å². The molecule has 2 aliphatic rings. The Kier molecular flexibility index (Phi) is 9.49. The number of benzene rings is 2. The number of aromatic amines is 1. The number of H-pyrrole nitrogens is 1. The number of aliphatic hydroxyl groups is 1. The number of amides is 1. The summed E-state index contributed by atoms with van der Waals surface area (Å²) in [5.74, 6) is -0.168. The molecular weight excluding hydrogens is 524 g/mol. The summed E-state index contributed by atoms with van der Waals surface area (Å²) in [4.78, 5) is 34.0. The van der Waals surface area contributed by atoms with Crippen molar-refractivity contribution in [2.24, 2.45) is 0 Å². The minimum Gasteiger partial charge on any atom is -0.392 e. The van der Waals surface area contributed by atoms with Gasteiger partial charge in [0.05, 0.1) is 6.10 Å². The first kappa shape index (κ1) is 30.1. The number of anilines is 1. The van der Waals surface area contributed by atoms with Crippen molar-refractivity contribution < 1.29 is 9.90 Å². The molecule has 1 aromatic heterocycles.